The number of hydrogen-bond acceptors (Lipinski definition) is 8. The lowest BCUT2D eigenvalue weighted by atomic mass is 9.92. The van der Waals surface area contributed by atoms with Gasteiger partial charge in [0.2, 0.25) is 11.2 Å². The summed E-state index contributed by atoms with van der Waals surface area (Å²) in [6, 6.07) is 7.97. The first-order chi connectivity index (χ1) is 15.5. The molecule has 8 nitrogen and oxygen atoms in total. The Morgan fingerprint density at radius 1 is 1.19 bits per heavy atom. The average molecular weight is 439 g/mol. The maximum Gasteiger partial charge on any atom is 0.306 e. The van der Waals surface area contributed by atoms with Crippen LogP contribution in [0.2, 0.25) is 0 Å². The molecular weight excluding hydrogens is 414 g/mol. The van der Waals surface area contributed by atoms with Crippen molar-refractivity contribution in [3.05, 3.63) is 74.1 Å². The molecule has 1 aromatic carbocycles. The second-order valence-corrected chi connectivity index (χ2v) is 7.98. The topological polar surface area (TPSA) is 110 Å². The molecule has 168 valence electrons. The van der Waals surface area contributed by atoms with Crippen molar-refractivity contribution in [1.29, 1.82) is 0 Å². The summed E-state index contributed by atoms with van der Waals surface area (Å²) in [5.41, 5.74) is -0.507. The molecule has 1 aliphatic heterocycles. The van der Waals surface area contributed by atoms with Gasteiger partial charge in [-0.3, -0.25) is 19.3 Å². The molecule has 1 aliphatic rings. The predicted molar refractivity (Wildman–Crippen MR) is 117 cm³/mol. The van der Waals surface area contributed by atoms with Gasteiger partial charge in [-0.1, -0.05) is 18.6 Å². The van der Waals surface area contributed by atoms with Gasteiger partial charge in [0, 0.05) is 11.6 Å². The smallest absolute Gasteiger partial charge is 0.306 e. The van der Waals surface area contributed by atoms with Crippen LogP contribution in [0.15, 0.2) is 55.0 Å². The molecule has 32 heavy (non-hydrogen) atoms. The number of fused-ring (bicyclic) bond motifs is 1. The van der Waals surface area contributed by atoms with E-state index in [1.807, 2.05) is 0 Å². The third-order valence-electron chi connectivity index (χ3n) is 5.83. The van der Waals surface area contributed by atoms with Crippen LogP contribution >= 0.6 is 0 Å². The molecule has 1 fully saturated rings. The highest BCUT2D eigenvalue weighted by atomic mass is 16.5. The number of likely N-dealkylation sites (tertiary alicyclic amines) is 1. The second kappa shape index (κ2) is 9.40. The standard InChI is InChI=1S/C24H25NO7/c1-30-21(27)12-17(18-14-31-20-8-4-3-7-16(20)22(18)28)24-23(29)19(26)11-15(32-24)13-25-9-5-2-6-10-25/h3-4,7-8,11,14,17,29H,2,5-6,9-10,12-13H2,1H3. The van der Waals surface area contributed by atoms with Gasteiger partial charge >= 0.3 is 5.97 Å². The number of methoxy groups -OCH3 is 1. The van der Waals surface area contributed by atoms with Crippen LogP contribution < -0.4 is 10.9 Å². The second-order valence-electron chi connectivity index (χ2n) is 7.98. The summed E-state index contributed by atoms with van der Waals surface area (Å²) in [5, 5.41) is 10.9. The molecule has 8 heteroatoms. The Morgan fingerprint density at radius 3 is 2.69 bits per heavy atom. The molecule has 3 heterocycles. The molecule has 4 rings (SSSR count). The van der Waals surface area contributed by atoms with Gasteiger partial charge in [-0.05, 0) is 38.1 Å². The molecule has 1 unspecified atom stereocenters. The average Bonchev–Trinajstić information content (AvgIpc) is 2.81. The van der Waals surface area contributed by atoms with Crippen molar-refractivity contribution >= 4 is 16.9 Å². The summed E-state index contributed by atoms with van der Waals surface area (Å²) in [6.07, 6.45) is 4.25. The Labute approximate surface area is 184 Å². The Balaban J connectivity index is 1.81. The quantitative estimate of drug-likeness (QED) is 0.584. The van der Waals surface area contributed by atoms with E-state index in [0.717, 1.165) is 25.9 Å². The highest BCUT2D eigenvalue weighted by Gasteiger charge is 2.30. The Kier molecular flexibility index (Phi) is 6.41. The predicted octanol–water partition coefficient (Wildman–Crippen LogP) is 3.13. The van der Waals surface area contributed by atoms with Gasteiger partial charge in [-0.2, -0.15) is 0 Å². The molecule has 0 saturated carbocycles. The van der Waals surface area contributed by atoms with E-state index in [4.69, 9.17) is 13.6 Å². The zero-order valence-corrected chi connectivity index (χ0v) is 17.8. The monoisotopic (exact) mass is 439 g/mol. The van der Waals surface area contributed by atoms with Gasteiger partial charge in [-0.15, -0.1) is 0 Å². The van der Waals surface area contributed by atoms with Crippen molar-refractivity contribution in [2.45, 2.75) is 38.1 Å². The number of piperidine rings is 1. The SMILES string of the molecule is COC(=O)CC(c1oc(CN2CCCCC2)cc(=O)c1O)c1coc2ccccc2c1=O. The van der Waals surface area contributed by atoms with Gasteiger partial charge in [0.15, 0.2) is 11.2 Å². The van der Waals surface area contributed by atoms with Crippen molar-refractivity contribution in [2.75, 3.05) is 20.2 Å². The van der Waals surface area contributed by atoms with Crippen LogP contribution in [0.25, 0.3) is 11.0 Å². The number of hydrogen-bond donors (Lipinski definition) is 1. The van der Waals surface area contributed by atoms with Crippen molar-refractivity contribution < 1.29 is 23.5 Å². The van der Waals surface area contributed by atoms with Crippen LogP contribution in [0.5, 0.6) is 5.75 Å². The first-order valence-electron chi connectivity index (χ1n) is 10.6. The first kappa shape index (κ1) is 21.8. The summed E-state index contributed by atoms with van der Waals surface area (Å²) in [4.78, 5) is 40.1. The van der Waals surface area contributed by atoms with E-state index in [-0.39, 0.29) is 23.2 Å². The number of para-hydroxylation sites is 1. The third-order valence-corrected chi connectivity index (χ3v) is 5.83. The minimum absolute atomic E-state index is 0.0997. The molecular formula is C24H25NO7. The fraction of sp³-hybridized carbons (Fsp3) is 0.375. The minimum Gasteiger partial charge on any atom is -0.502 e. The van der Waals surface area contributed by atoms with E-state index < -0.39 is 23.1 Å². The largest absolute Gasteiger partial charge is 0.502 e. The molecule has 1 atom stereocenters. The lowest BCUT2D eigenvalue weighted by Gasteiger charge is -2.26. The normalized spacial score (nSPS) is 15.5. The van der Waals surface area contributed by atoms with Crippen molar-refractivity contribution in [1.82, 2.24) is 4.90 Å². The summed E-state index contributed by atoms with van der Waals surface area (Å²) >= 11 is 0. The molecule has 0 spiro atoms. The Morgan fingerprint density at radius 2 is 1.94 bits per heavy atom. The fourth-order valence-electron chi connectivity index (χ4n) is 4.13. The number of rotatable bonds is 6. The van der Waals surface area contributed by atoms with Crippen LogP contribution in [-0.4, -0.2) is 36.2 Å². The fourth-order valence-corrected chi connectivity index (χ4v) is 4.13. The first-order valence-corrected chi connectivity index (χ1v) is 10.6. The van der Waals surface area contributed by atoms with Crippen LogP contribution in [0, 0.1) is 0 Å². The van der Waals surface area contributed by atoms with E-state index in [1.54, 1.807) is 24.3 Å². The molecule has 1 N–H and O–H groups in total. The van der Waals surface area contributed by atoms with Crippen molar-refractivity contribution in [2.24, 2.45) is 0 Å². The lowest BCUT2D eigenvalue weighted by Crippen LogP contribution is -2.29. The molecule has 3 aromatic rings. The van der Waals surface area contributed by atoms with Gasteiger partial charge < -0.3 is 18.7 Å². The summed E-state index contributed by atoms with van der Waals surface area (Å²) in [7, 11) is 1.23. The number of ether oxygens (including phenoxy) is 1. The molecule has 0 bridgehead atoms. The minimum atomic E-state index is -1.04. The number of carbonyl (C=O) groups excluding carboxylic acids is 1. The zero-order chi connectivity index (χ0) is 22.7. The summed E-state index contributed by atoms with van der Waals surface area (Å²) in [6.45, 7) is 2.18. The number of benzene rings is 1. The zero-order valence-electron chi connectivity index (χ0n) is 17.8. The van der Waals surface area contributed by atoms with Crippen LogP contribution in [0.1, 0.15) is 48.7 Å². The molecule has 1 saturated heterocycles. The maximum absolute atomic E-state index is 13.2. The van der Waals surface area contributed by atoms with Crippen LogP contribution in [-0.2, 0) is 16.1 Å². The van der Waals surface area contributed by atoms with Gasteiger partial charge in [0.1, 0.15) is 11.3 Å². The van der Waals surface area contributed by atoms with E-state index in [0.29, 0.717) is 23.3 Å². The van der Waals surface area contributed by atoms with E-state index in [2.05, 4.69) is 4.90 Å². The van der Waals surface area contributed by atoms with E-state index >= 15 is 0 Å². The van der Waals surface area contributed by atoms with E-state index in [9.17, 15) is 19.5 Å². The van der Waals surface area contributed by atoms with Gasteiger partial charge in [0.05, 0.1) is 37.6 Å². The highest BCUT2D eigenvalue weighted by Crippen LogP contribution is 2.33. The number of aromatic hydroxyl groups is 1. The van der Waals surface area contributed by atoms with E-state index in [1.165, 1.54) is 25.9 Å². The number of esters is 1. The summed E-state index contributed by atoms with van der Waals surface area (Å²) < 4.78 is 16.3. The third kappa shape index (κ3) is 4.45. The van der Waals surface area contributed by atoms with Crippen molar-refractivity contribution in [3.63, 3.8) is 0 Å². The van der Waals surface area contributed by atoms with Gasteiger partial charge in [0.25, 0.3) is 0 Å². The number of carbonyl (C=O) groups is 1. The summed E-state index contributed by atoms with van der Waals surface area (Å²) in [5.74, 6) is -2.07. The van der Waals surface area contributed by atoms with Gasteiger partial charge in [-0.25, -0.2) is 0 Å². The maximum atomic E-state index is 13.2. The lowest BCUT2D eigenvalue weighted by molar-refractivity contribution is -0.140. The van der Waals surface area contributed by atoms with Crippen LogP contribution in [0.3, 0.4) is 0 Å². The Bertz CT molecular complexity index is 1240. The highest BCUT2D eigenvalue weighted by molar-refractivity contribution is 5.77. The molecule has 2 aromatic heterocycles. The van der Waals surface area contributed by atoms with Crippen molar-refractivity contribution in [3.8, 4) is 5.75 Å². The number of nitrogens with zero attached hydrogens (tertiary/aromatic N) is 1. The molecule has 0 radical (unpaired) electrons. The molecule has 0 aliphatic carbocycles. The van der Waals surface area contributed by atoms with Crippen LogP contribution in [0.4, 0.5) is 0 Å². The molecule has 0 amide bonds. The Hall–Kier alpha value is -3.39.